The van der Waals surface area contributed by atoms with Crippen LogP contribution in [0.2, 0.25) is 0 Å². The zero-order chi connectivity index (χ0) is 43.4. The Balaban J connectivity index is 1.25. The number of benzene rings is 8. The molecule has 3 heterocycles. The summed E-state index contributed by atoms with van der Waals surface area (Å²) < 4.78 is 21.3. The summed E-state index contributed by atoms with van der Waals surface area (Å²) in [6, 6.07) is 56.4. The van der Waals surface area contributed by atoms with Gasteiger partial charge in [0, 0.05) is 56.4 Å². The lowest BCUT2D eigenvalue weighted by molar-refractivity contribution is 0.590. The van der Waals surface area contributed by atoms with E-state index in [1.807, 2.05) is 12.1 Å². The highest BCUT2D eigenvalue weighted by Gasteiger charge is 2.30. The predicted molar refractivity (Wildman–Crippen MR) is 265 cm³/mol. The van der Waals surface area contributed by atoms with Crippen LogP contribution < -0.4 is 9.80 Å². The fourth-order valence-electron chi connectivity index (χ4n) is 9.29. The number of para-hydroxylation sites is 2. The van der Waals surface area contributed by atoms with Crippen molar-refractivity contribution in [2.24, 2.45) is 0 Å². The highest BCUT2D eigenvalue weighted by Crippen LogP contribution is 2.53. The van der Waals surface area contributed by atoms with Gasteiger partial charge in [0.15, 0.2) is 5.58 Å². The van der Waals surface area contributed by atoms with Crippen molar-refractivity contribution in [3.05, 3.63) is 180 Å². The zero-order valence-electron chi connectivity index (χ0n) is 37.1. The lowest BCUT2D eigenvalue weighted by Crippen LogP contribution is -2.13. The van der Waals surface area contributed by atoms with Crippen LogP contribution >= 0.6 is 0 Å². The predicted octanol–water partition coefficient (Wildman–Crippen LogP) is 17.5. The molecule has 0 saturated carbocycles. The fraction of sp³-hybridized carbons (Fsp3) is 0.172. The molecule has 11 rings (SSSR count). The summed E-state index contributed by atoms with van der Waals surface area (Å²) in [4.78, 5) is 4.64. The van der Waals surface area contributed by atoms with Crippen molar-refractivity contribution in [1.82, 2.24) is 0 Å². The number of anilines is 6. The summed E-state index contributed by atoms with van der Waals surface area (Å²) >= 11 is 0. The molecule has 0 bridgehead atoms. The maximum Gasteiger partial charge on any atom is 0.160 e. The molecule has 0 atom stereocenters. The third-order valence-corrected chi connectivity index (χ3v) is 12.7. The molecule has 0 radical (unpaired) electrons. The van der Waals surface area contributed by atoms with Crippen LogP contribution in [0, 0.1) is 13.8 Å². The minimum atomic E-state index is 0.0121. The molecule has 0 fully saturated rings. The Kier molecular flexibility index (Phi) is 8.68. The number of nitrogens with zero attached hydrogens (tertiary/aromatic N) is 2. The molecule has 0 aliphatic heterocycles. The molecule has 8 aromatic carbocycles. The lowest BCUT2D eigenvalue weighted by Gasteiger charge is -2.27. The van der Waals surface area contributed by atoms with Gasteiger partial charge in [-0.3, -0.25) is 0 Å². The minimum Gasteiger partial charge on any atom is -0.456 e. The van der Waals surface area contributed by atoms with Gasteiger partial charge >= 0.3 is 0 Å². The maximum atomic E-state index is 7.22. The maximum absolute atomic E-state index is 7.22. The van der Waals surface area contributed by atoms with Gasteiger partial charge in [-0.05, 0) is 96.5 Å². The van der Waals surface area contributed by atoms with Crippen LogP contribution in [0.1, 0.15) is 63.8 Å². The summed E-state index contributed by atoms with van der Waals surface area (Å²) in [6.45, 7) is 17.8. The van der Waals surface area contributed by atoms with E-state index >= 15 is 0 Å². The third kappa shape index (κ3) is 6.36. The number of rotatable bonds is 6. The number of hydrogen-bond donors (Lipinski definition) is 0. The van der Waals surface area contributed by atoms with Gasteiger partial charge < -0.3 is 23.1 Å². The van der Waals surface area contributed by atoms with Crippen LogP contribution in [-0.4, -0.2) is 0 Å². The van der Waals surface area contributed by atoms with Crippen LogP contribution in [0.5, 0.6) is 0 Å². The standard InChI is InChI=1S/C58H50N2O3/c1-35-17-25-39(26-18-35)59(41-29-21-37(22-30-41)57(3,4)5)45-33-50-54(56-51(45)43-13-9-11-15-47(43)63-56)53-49(61-50)34-46(55-52(53)44-14-10-12-16-48(44)62-55)60(40-27-19-36(2)20-28-40)42-31-23-38(24-32-42)58(6,7)8/h9-34H,1-8H3. The van der Waals surface area contributed by atoms with Crippen LogP contribution in [0.3, 0.4) is 0 Å². The topological polar surface area (TPSA) is 45.9 Å². The van der Waals surface area contributed by atoms with Gasteiger partial charge in [-0.2, -0.15) is 0 Å². The molecule has 310 valence electrons. The number of furan rings is 3. The van der Waals surface area contributed by atoms with Crippen molar-refractivity contribution in [2.45, 2.75) is 66.2 Å². The largest absolute Gasteiger partial charge is 0.456 e. The Morgan fingerprint density at radius 1 is 0.349 bits per heavy atom. The van der Waals surface area contributed by atoms with Gasteiger partial charge in [0.25, 0.3) is 0 Å². The minimum absolute atomic E-state index is 0.0121. The van der Waals surface area contributed by atoms with Crippen molar-refractivity contribution in [2.75, 3.05) is 9.80 Å². The van der Waals surface area contributed by atoms with Crippen LogP contribution in [0.4, 0.5) is 34.1 Å². The molecule has 5 heteroatoms. The second-order valence-electron chi connectivity index (χ2n) is 19.2. The quantitative estimate of drug-likeness (QED) is 0.167. The van der Waals surface area contributed by atoms with Gasteiger partial charge in [-0.15, -0.1) is 0 Å². The zero-order valence-corrected chi connectivity index (χ0v) is 37.1. The third-order valence-electron chi connectivity index (χ3n) is 12.7. The lowest BCUT2D eigenvalue weighted by atomic mass is 9.87. The SMILES string of the molecule is Cc1ccc(N(c2ccc(C(C)(C)C)cc2)c2cc3oc4cc(N(c5ccc(C)cc5)c5ccc(C(C)(C)C)cc5)c5c6ccccc6oc5c4c3c3c2oc2ccccc23)cc1. The average Bonchev–Trinajstić information content (AvgIpc) is 3.96. The Morgan fingerprint density at radius 3 is 1.24 bits per heavy atom. The van der Waals surface area contributed by atoms with E-state index in [-0.39, 0.29) is 10.8 Å². The summed E-state index contributed by atoms with van der Waals surface area (Å²) in [5.74, 6) is 0. The first-order chi connectivity index (χ1) is 30.3. The molecule has 63 heavy (non-hydrogen) atoms. The second-order valence-corrected chi connectivity index (χ2v) is 19.2. The van der Waals surface area contributed by atoms with E-state index in [2.05, 4.69) is 211 Å². The molecule has 5 nitrogen and oxygen atoms in total. The summed E-state index contributed by atoms with van der Waals surface area (Å²) in [5.41, 5.74) is 15.6. The van der Waals surface area contributed by atoms with Gasteiger partial charge in [0.2, 0.25) is 0 Å². The molecule has 0 N–H and O–H groups in total. The first-order valence-corrected chi connectivity index (χ1v) is 21.9. The molecule has 0 amide bonds. The van der Waals surface area contributed by atoms with E-state index in [9.17, 15) is 0 Å². The molecule has 0 saturated heterocycles. The van der Waals surface area contributed by atoms with Crippen LogP contribution in [0.15, 0.2) is 171 Å². The van der Waals surface area contributed by atoms with E-state index in [1.54, 1.807) is 0 Å². The Hall–Kier alpha value is -7.24. The summed E-state index contributed by atoms with van der Waals surface area (Å²) in [6.07, 6.45) is 0. The molecule has 0 aliphatic carbocycles. The van der Waals surface area contributed by atoms with E-state index in [0.29, 0.717) is 0 Å². The Morgan fingerprint density at radius 2 is 0.746 bits per heavy atom. The van der Waals surface area contributed by atoms with Crippen molar-refractivity contribution < 1.29 is 13.3 Å². The molecule has 11 aromatic rings. The fourth-order valence-corrected chi connectivity index (χ4v) is 9.29. The van der Waals surface area contributed by atoms with Crippen LogP contribution in [0.25, 0.3) is 65.8 Å². The number of aryl methyl sites for hydroxylation is 2. The van der Waals surface area contributed by atoms with Crippen molar-refractivity contribution in [1.29, 1.82) is 0 Å². The first kappa shape index (κ1) is 38.7. The first-order valence-electron chi connectivity index (χ1n) is 21.9. The Labute approximate surface area is 367 Å². The van der Waals surface area contributed by atoms with E-state index in [1.165, 1.54) is 22.3 Å². The van der Waals surface area contributed by atoms with Crippen molar-refractivity contribution >= 4 is 99.9 Å². The normalized spacial score (nSPS) is 12.4. The molecular weight excluding hydrogens is 773 g/mol. The summed E-state index contributed by atoms with van der Waals surface area (Å²) in [5, 5.41) is 5.95. The highest BCUT2D eigenvalue weighted by molar-refractivity contribution is 6.35. The molecular formula is C58H50N2O3. The summed E-state index contributed by atoms with van der Waals surface area (Å²) in [7, 11) is 0. The van der Waals surface area contributed by atoms with Gasteiger partial charge in [-0.25, -0.2) is 0 Å². The second kappa shape index (κ2) is 14.1. The monoisotopic (exact) mass is 822 g/mol. The van der Waals surface area contributed by atoms with Crippen LogP contribution in [-0.2, 0) is 10.8 Å². The van der Waals surface area contributed by atoms with Gasteiger partial charge in [-0.1, -0.05) is 138 Å². The number of fused-ring (bicyclic) bond motifs is 11. The van der Waals surface area contributed by atoms with E-state index in [0.717, 1.165) is 99.9 Å². The Bertz CT molecular complexity index is 3520. The van der Waals surface area contributed by atoms with Gasteiger partial charge in [0.1, 0.15) is 27.9 Å². The molecule has 0 aliphatic rings. The highest BCUT2D eigenvalue weighted by atomic mass is 16.3. The van der Waals surface area contributed by atoms with E-state index in [4.69, 9.17) is 13.3 Å². The smallest absolute Gasteiger partial charge is 0.160 e. The molecule has 0 spiro atoms. The van der Waals surface area contributed by atoms with Crippen molar-refractivity contribution in [3.63, 3.8) is 0 Å². The number of hydrogen-bond acceptors (Lipinski definition) is 5. The molecule has 3 aromatic heterocycles. The average molecular weight is 823 g/mol. The van der Waals surface area contributed by atoms with E-state index < -0.39 is 0 Å². The van der Waals surface area contributed by atoms with Gasteiger partial charge in [0.05, 0.1) is 22.1 Å². The van der Waals surface area contributed by atoms with Crippen molar-refractivity contribution in [3.8, 4) is 0 Å². The molecule has 0 unspecified atom stereocenters.